The summed E-state index contributed by atoms with van der Waals surface area (Å²) in [6, 6.07) is 1.72. The monoisotopic (exact) mass is 273 g/mol. The van der Waals surface area contributed by atoms with Crippen molar-refractivity contribution in [1.29, 1.82) is 0 Å². The molecule has 0 aromatic carbocycles. The molecule has 0 radical (unpaired) electrons. The first-order valence-corrected chi connectivity index (χ1v) is 5.30. The van der Waals surface area contributed by atoms with Crippen LogP contribution in [0.15, 0.2) is 16.9 Å². The molecule has 0 aliphatic heterocycles. The van der Waals surface area contributed by atoms with Gasteiger partial charge in [0.15, 0.2) is 0 Å². The number of aromatic nitrogens is 1. The lowest BCUT2D eigenvalue weighted by molar-refractivity contribution is -0.142. The van der Waals surface area contributed by atoms with E-state index < -0.39 is 0 Å². The van der Waals surface area contributed by atoms with Gasteiger partial charge < -0.3 is 9.47 Å². The highest BCUT2D eigenvalue weighted by Crippen LogP contribution is 2.21. The molecule has 0 spiro atoms. The van der Waals surface area contributed by atoms with Gasteiger partial charge in [-0.15, -0.1) is 0 Å². The third kappa shape index (κ3) is 3.51. The van der Waals surface area contributed by atoms with Crippen molar-refractivity contribution in [3.63, 3.8) is 0 Å². The molecule has 0 bridgehead atoms. The smallest absolute Gasteiger partial charge is 0.310 e. The maximum Gasteiger partial charge on any atom is 0.310 e. The molecule has 0 aliphatic rings. The van der Waals surface area contributed by atoms with E-state index >= 15 is 0 Å². The zero-order chi connectivity index (χ0) is 11.3. The Hall–Kier alpha value is -1.10. The summed E-state index contributed by atoms with van der Waals surface area (Å²) in [4.78, 5) is 15.3. The van der Waals surface area contributed by atoms with Crippen LogP contribution >= 0.6 is 15.9 Å². The van der Waals surface area contributed by atoms with Gasteiger partial charge in [-0.05, 0) is 22.9 Å². The van der Waals surface area contributed by atoms with Gasteiger partial charge in [0.05, 0.1) is 20.1 Å². The predicted molar refractivity (Wildman–Crippen MR) is 58.8 cm³/mol. The van der Waals surface area contributed by atoms with Gasteiger partial charge in [0, 0.05) is 17.8 Å². The Kier molecular flexibility index (Phi) is 4.55. The van der Waals surface area contributed by atoms with Crippen molar-refractivity contribution in [2.24, 2.45) is 0 Å². The summed E-state index contributed by atoms with van der Waals surface area (Å²) in [6.07, 6.45) is 1.77. The average molecular weight is 274 g/mol. The number of carbonyl (C=O) groups is 1. The molecule has 15 heavy (non-hydrogen) atoms. The Morgan fingerprint density at radius 1 is 1.60 bits per heavy atom. The lowest BCUT2D eigenvalue weighted by Crippen LogP contribution is -2.08. The molecule has 0 amide bonds. The number of halogens is 1. The van der Waals surface area contributed by atoms with Crippen LogP contribution in [0.25, 0.3) is 0 Å². The molecule has 0 saturated heterocycles. The second-order valence-corrected chi connectivity index (χ2v) is 3.61. The maximum absolute atomic E-state index is 11.2. The fraction of sp³-hybridized carbons (Fsp3) is 0.400. The summed E-state index contributed by atoms with van der Waals surface area (Å²) in [5.41, 5.74) is 0.721. The third-order valence-electron chi connectivity index (χ3n) is 1.77. The standard InChI is InChI=1S/C10H12BrNO3/c1-3-15-10(13)4-7-6-12-9(11)5-8(7)14-2/h5-6H,3-4H2,1-2H3. The normalized spacial score (nSPS) is 9.80. The van der Waals surface area contributed by atoms with E-state index in [0.29, 0.717) is 17.0 Å². The van der Waals surface area contributed by atoms with Crippen molar-refractivity contribution in [1.82, 2.24) is 4.98 Å². The van der Waals surface area contributed by atoms with Gasteiger partial charge in [0.1, 0.15) is 10.4 Å². The van der Waals surface area contributed by atoms with E-state index in [1.807, 2.05) is 0 Å². The molecule has 1 aromatic heterocycles. The number of methoxy groups -OCH3 is 1. The van der Waals surface area contributed by atoms with E-state index in [1.165, 1.54) is 0 Å². The molecule has 0 saturated carbocycles. The van der Waals surface area contributed by atoms with Crippen molar-refractivity contribution in [3.05, 3.63) is 22.4 Å². The highest BCUT2D eigenvalue weighted by atomic mass is 79.9. The number of carbonyl (C=O) groups excluding carboxylic acids is 1. The van der Waals surface area contributed by atoms with E-state index in [-0.39, 0.29) is 12.4 Å². The number of rotatable bonds is 4. The molecule has 0 atom stereocenters. The second-order valence-electron chi connectivity index (χ2n) is 2.80. The number of hydrogen-bond donors (Lipinski definition) is 0. The molecule has 1 heterocycles. The molecule has 0 N–H and O–H groups in total. The molecule has 0 aliphatic carbocycles. The number of ether oxygens (including phenoxy) is 2. The maximum atomic E-state index is 11.2. The van der Waals surface area contributed by atoms with Crippen LogP contribution in [0.4, 0.5) is 0 Å². The largest absolute Gasteiger partial charge is 0.496 e. The van der Waals surface area contributed by atoms with E-state index in [9.17, 15) is 4.79 Å². The van der Waals surface area contributed by atoms with Gasteiger partial charge in [-0.25, -0.2) is 4.98 Å². The Morgan fingerprint density at radius 3 is 2.93 bits per heavy atom. The molecule has 4 nitrogen and oxygen atoms in total. The Labute approximate surface area is 96.7 Å². The lowest BCUT2D eigenvalue weighted by atomic mass is 10.2. The van der Waals surface area contributed by atoms with Crippen LogP contribution in [0.2, 0.25) is 0 Å². The van der Waals surface area contributed by atoms with Crippen LogP contribution in [0.3, 0.4) is 0 Å². The van der Waals surface area contributed by atoms with E-state index in [0.717, 1.165) is 5.56 Å². The van der Waals surface area contributed by atoms with Crippen LogP contribution in [-0.2, 0) is 16.0 Å². The number of nitrogens with zero attached hydrogens (tertiary/aromatic N) is 1. The zero-order valence-electron chi connectivity index (χ0n) is 8.62. The lowest BCUT2D eigenvalue weighted by Gasteiger charge is -2.07. The van der Waals surface area contributed by atoms with Crippen molar-refractivity contribution in [2.45, 2.75) is 13.3 Å². The topological polar surface area (TPSA) is 48.4 Å². The summed E-state index contributed by atoms with van der Waals surface area (Å²) >= 11 is 3.23. The quantitative estimate of drug-likeness (QED) is 0.622. The van der Waals surface area contributed by atoms with Crippen molar-refractivity contribution >= 4 is 21.9 Å². The van der Waals surface area contributed by atoms with E-state index in [4.69, 9.17) is 9.47 Å². The highest BCUT2D eigenvalue weighted by molar-refractivity contribution is 9.10. The first-order valence-electron chi connectivity index (χ1n) is 4.51. The molecule has 82 valence electrons. The van der Waals surface area contributed by atoms with Crippen LogP contribution < -0.4 is 4.74 Å². The molecular weight excluding hydrogens is 262 g/mol. The van der Waals surface area contributed by atoms with Crippen LogP contribution in [0.1, 0.15) is 12.5 Å². The minimum atomic E-state index is -0.278. The molecule has 1 rings (SSSR count). The summed E-state index contributed by atoms with van der Waals surface area (Å²) in [7, 11) is 1.55. The minimum absolute atomic E-state index is 0.178. The summed E-state index contributed by atoms with van der Waals surface area (Å²) in [6.45, 7) is 2.15. The number of hydrogen-bond acceptors (Lipinski definition) is 4. The van der Waals surface area contributed by atoms with E-state index in [1.54, 1.807) is 26.3 Å². The Balaban J connectivity index is 2.80. The van der Waals surface area contributed by atoms with Crippen molar-refractivity contribution in [3.8, 4) is 5.75 Å². The number of pyridine rings is 1. The van der Waals surface area contributed by atoms with Crippen molar-refractivity contribution in [2.75, 3.05) is 13.7 Å². The van der Waals surface area contributed by atoms with Crippen LogP contribution in [-0.4, -0.2) is 24.7 Å². The van der Waals surface area contributed by atoms with Gasteiger partial charge in [-0.3, -0.25) is 4.79 Å². The summed E-state index contributed by atoms with van der Waals surface area (Å²) in [5.74, 6) is 0.352. The number of esters is 1. The molecule has 5 heteroatoms. The molecular formula is C10H12BrNO3. The van der Waals surface area contributed by atoms with Crippen LogP contribution in [0, 0.1) is 0 Å². The highest BCUT2D eigenvalue weighted by Gasteiger charge is 2.10. The van der Waals surface area contributed by atoms with Gasteiger partial charge in [0.25, 0.3) is 0 Å². The van der Waals surface area contributed by atoms with Crippen LogP contribution in [0.5, 0.6) is 5.75 Å². The van der Waals surface area contributed by atoms with Gasteiger partial charge in [-0.1, -0.05) is 0 Å². The predicted octanol–water partition coefficient (Wildman–Crippen LogP) is 1.96. The third-order valence-corrected chi connectivity index (χ3v) is 2.20. The Morgan fingerprint density at radius 2 is 2.33 bits per heavy atom. The summed E-state index contributed by atoms with van der Waals surface area (Å²) in [5, 5.41) is 0. The van der Waals surface area contributed by atoms with Crippen molar-refractivity contribution < 1.29 is 14.3 Å². The zero-order valence-corrected chi connectivity index (χ0v) is 10.2. The molecule has 0 unspecified atom stereocenters. The molecule has 1 aromatic rings. The van der Waals surface area contributed by atoms with Gasteiger partial charge >= 0.3 is 5.97 Å². The Bertz CT molecular complexity index is 355. The SMILES string of the molecule is CCOC(=O)Cc1cnc(Br)cc1OC. The first kappa shape index (κ1) is 12.0. The second kappa shape index (κ2) is 5.70. The minimum Gasteiger partial charge on any atom is -0.496 e. The van der Waals surface area contributed by atoms with E-state index in [2.05, 4.69) is 20.9 Å². The van der Waals surface area contributed by atoms with Gasteiger partial charge in [0.2, 0.25) is 0 Å². The molecule has 0 fully saturated rings. The fourth-order valence-corrected chi connectivity index (χ4v) is 1.44. The first-order chi connectivity index (χ1) is 7.17. The summed E-state index contributed by atoms with van der Waals surface area (Å²) < 4.78 is 10.6. The fourth-order valence-electron chi connectivity index (χ4n) is 1.13. The average Bonchev–Trinajstić information content (AvgIpc) is 2.21. The van der Waals surface area contributed by atoms with Gasteiger partial charge in [-0.2, -0.15) is 0 Å².